The number of aromatic nitrogens is 1. The van der Waals surface area contributed by atoms with E-state index in [-0.39, 0.29) is 11.2 Å². The SMILES string of the molecule is CC(C)CSc1nc2c(cc1C#N)C(=O)CC(C)(C)C2. The second-order valence-corrected chi connectivity index (χ2v) is 7.60. The summed E-state index contributed by atoms with van der Waals surface area (Å²) in [6, 6.07) is 3.91. The van der Waals surface area contributed by atoms with E-state index in [1.807, 2.05) is 0 Å². The maximum Gasteiger partial charge on any atom is 0.165 e. The first-order valence-corrected chi connectivity index (χ1v) is 7.91. The Morgan fingerprint density at radius 3 is 2.75 bits per heavy atom. The highest BCUT2D eigenvalue weighted by Gasteiger charge is 2.32. The van der Waals surface area contributed by atoms with Crippen LogP contribution >= 0.6 is 11.8 Å². The van der Waals surface area contributed by atoms with Gasteiger partial charge >= 0.3 is 0 Å². The molecule has 1 aromatic heterocycles. The van der Waals surface area contributed by atoms with Crippen molar-refractivity contribution in [2.75, 3.05) is 5.75 Å². The van der Waals surface area contributed by atoms with Crippen molar-refractivity contribution < 1.29 is 4.79 Å². The number of hydrogen-bond acceptors (Lipinski definition) is 4. The minimum absolute atomic E-state index is 0.0365. The van der Waals surface area contributed by atoms with E-state index in [0.29, 0.717) is 23.5 Å². The van der Waals surface area contributed by atoms with Crippen molar-refractivity contribution in [1.82, 2.24) is 4.98 Å². The molecule has 0 spiro atoms. The Hall–Kier alpha value is -1.34. The first-order chi connectivity index (χ1) is 9.32. The van der Waals surface area contributed by atoms with E-state index in [2.05, 4.69) is 38.7 Å². The third-order valence-corrected chi connectivity index (χ3v) is 4.74. The van der Waals surface area contributed by atoms with Gasteiger partial charge in [-0.3, -0.25) is 4.79 Å². The zero-order chi connectivity index (χ0) is 14.9. The van der Waals surface area contributed by atoms with E-state index < -0.39 is 0 Å². The molecule has 20 heavy (non-hydrogen) atoms. The fraction of sp³-hybridized carbons (Fsp3) is 0.562. The molecule has 0 bridgehead atoms. The lowest BCUT2D eigenvalue weighted by molar-refractivity contribution is 0.0910. The maximum atomic E-state index is 12.2. The molecule has 0 unspecified atom stereocenters. The molecule has 0 atom stereocenters. The summed E-state index contributed by atoms with van der Waals surface area (Å²) >= 11 is 1.61. The summed E-state index contributed by atoms with van der Waals surface area (Å²) in [5, 5.41) is 10.0. The number of pyridine rings is 1. The van der Waals surface area contributed by atoms with Crippen molar-refractivity contribution in [3.05, 3.63) is 22.9 Å². The summed E-state index contributed by atoms with van der Waals surface area (Å²) < 4.78 is 0. The zero-order valence-corrected chi connectivity index (χ0v) is 13.3. The third-order valence-electron chi connectivity index (χ3n) is 3.33. The average molecular weight is 288 g/mol. The number of hydrogen-bond donors (Lipinski definition) is 0. The molecular weight excluding hydrogens is 268 g/mol. The summed E-state index contributed by atoms with van der Waals surface area (Å²) in [4.78, 5) is 16.8. The summed E-state index contributed by atoms with van der Waals surface area (Å²) in [6.45, 7) is 8.47. The zero-order valence-electron chi connectivity index (χ0n) is 12.5. The smallest absolute Gasteiger partial charge is 0.165 e. The van der Waals surface area contributed by atoms with E-state index in [9.17, 15) is 10.1 Å². The van der Waals surface area contributed by atoms with Crippen LogP contribution in [0.4, 0.5) is 0 Å². The highest BCUT2D eigenvalue weighted by molar-refractivity contribution is 7.99. The molecule has 0 saturated carbocycles. The number of fused-ring (bicyclic) bond motifs is 1. The first-order valence-electron chi connectivity index (χ1n) is 6.92. The van der Waals surface area contributed by atoms with E-state index in [0.717, 1.165) is 22.9 Å². The highest BCUT2D eigenvalue weighted by atomic mass is 32.2. The molecule has 2 rings (SSSR count). The van der Waals surface area contributed by atoms with Gasteiger partial charge in [0.05, 0.1) is 11.3 Å². The number of nitriles is 1. The monoisotopic (exact) mass is 288 g/mol. The molecule has 1 aromatic rings. The summed E-state index contributed by atoms with van der Waals surface area (Å²) in [7, 11) is 0. The normalized spacial score (nSPS) is 16.9. The fourth-order valence-corrected chi connectivity index (χ4v) is 3.32. The molecule has 0 amide bonds. The van der Waals surface area contributed by atoms with Crippen molar-refractivity contribution in [1.29, 1.82) is 5.26 Å². The Labute approximate surface area is 124 Å². The number of ketones is 1. The van der Waals surface area contributed by atoms with Crippen LogP contribution < -0.4 is 0 Å². The van der Waals surface area contributed by atoms with Gasteiger partial charge in [-0.25, -0.2) is 4.98 Å². The third kappa shape index (κ3) is 3.21. The summed E-state index contributed by atoms with van der Waals surface area (Å²) in [5.74, 6) is 1.58. The van der Waals surface area contributed by atoms with Crippen molar-refractivity contribution in [2.24, 2.45) is 11.3 Å². The Morgan fingerprint density at radius 2 is 2.15 bits per heavy atom. The minimum atomic E-state index is -0.0365. The predicted molar refractivity (Wildman–Crippen MR) is 80.9 cm³/mol. The number of Topliss-reactive ketones (excluding diaryl/α,β-unsaturated/α-hetero) is 1. The van der Waals surface area contributed by atoms with Crippen molar-refractivity contribution in [3.8, 4) is 6.07 Å². The lowest BCUT2D eigenvalue weighted by atomic mass is 9.75. The lowest BCUT2D eigenvalue weighted by Gasteiger charge is -2.29. The van der Waals surface area contributed by atoms with Gasteiger partial charge in [0.1, 0.15) is 11.1 Å². The standard InChI is InChI=1S/C16H20N2OS/c1-10(2)9-20-15-11(8-17)5-12-13(18-15)6-16(3,4)7-14(12)19/h5,10H,6-7,9H2,1-4H3. The Balaban J connectivity index is 2.41. The van der Waals surface area contributed by atoms with Gasteiger partial charge in [-0.15, -0.1) is 11.8 Å². The molecular formula is C16H20N2OS. The van der Waals surface area contributed by atoms with Crippen molar-refractivity contribution >= 4 is 17.5 Å². The molecule has 0 N–H and O–H groups in total. The predicted octanol–water partition coefficient (Wildman–Crippen LogP) is 3.86. The molecule has 106 valence electrons. The largest absolute Gasteiger partial charge is 0.294 e. The van der Waals surface area contributed by atoms with Gasteiger partial charge in [0.15, 0.2) is 5.78 Å². The number of rotatable bonds is 3. The van der Waals surface area contributed by atoms with Gasteiger partial charge in [0.2, 0.25) is 0 Å². The van der Waals surface area contributed by atoms with Gasteiger partial charge in [-0.05, 0) is 23.8 Å². The van der Waals surface area contributed by atoms with Crippen LogP contribution in [0.1, 0.15) is 55.7 Å². The van der Waals surface area contributed by atoms with Crippen LogP contribution in [-0.4, -0.2) is 16.5 Å². The quantitative estimate of drug-likeness (QED) is 0.793. The van der Waals surface area contributed by atoms with Gasteiger partial charge in [-0.2, -0.15) is 5.26 Å². The van der Waals surface area contributed by atoms with Crippen LogP contribution in [0.2, 0.25) is 0 Å². The highest BCUT2D eigenvalue weighted by Crippen LogP contribution is 2.36. The fourth-order valence-electron chi connectivity index (χ4n) is 2.39. The van der Waals surface area contributed by atoms with Crippen LogP contribution in [0.25, 0.3) is 0 Å². The van der Waals surface area contributed by atoms with Gasteiger partial charge < -0.3 is 0 Å². The van der Waals surface area contributed by atoms with Crippen LogP contribution in [-0.2, 0) is 6.42 Å². The molecule has 0 radical (unpaired) electrons. The van der Waals surface area contributed by atoms with Crippen LogP contribution in [0.15, 0.2) is 11.1 Å². The van der Waals surface area contributed by atoms with Crippen LogP contribution in [0.3, 0.4) is 0 Å². The van der Waals surface area contributed by atoms with Crippen molar-refractivity contribution in [3.63, 3.8) is 0 Å². The maximum absolute atomic E-state index is 12.2. The van der Waals surface area contributed by atoms with Gasteiger partial charge in [0.25, 0.3) is 0 Å². The van der Waals surface area contributed by atoms with Crippen LogP contribution in [0.5, 0.6) is 0 Å². The molecule has 0 aromatic carbocycles. The van der Waals surface area contributed by atoms with E-state index in [1.165, 1.54) is 0 Å². The molecule has 1 aliphatic carbocycles. The number of carbonyl (C=O) groups excluding carboxylic acids is 1. The molecule has 3 nitrogen and oxygen atoms in total. The summed E-state index contributed by atoms with van der Waals surface area (Å²) in [6.07, 6.45) is 1.33. The number of thioether (sulfide) groups is 1. The molecule has 0 aliphatic heterocycles. The molecule has 1 aliphatic rings. The second kappa shape index (κ2) is 5.57. The lowest BCUT2D eigenvalue weighted by Crippen LogP contribution is -2.28. The van der Waals surface area contributed by atoms with Crippen molar-refractivity contribution in [2.45, 2.75) is 45.6 Å². The Kier molecular flexibility index (Phi) is 4.19. The van der Waals surface area contributed by atoms with E-state index in [1.54, 1.807) is 17.8 Å². The average Bonchev–Trinajstić information content (AvgIpc) is 2.34. The molecule has 0 saturated heterocycles. The number of nitrogens with zero attached hydrogens (tertiary/aromatic N) is 2. The minimum Gasteiger partial charge on any atom is -0.294 e. The second-order valence-electron chi connectivity index (χ2n) is 6.59. The number of carbonyl (C=O) groups is 1. The molecule has 0 fully saturated rings. The van der Waals surface area contributed by atoms with Gasteiger partial charge in [-0.1, -0.05) is 27.7 Å². The van der Waals surface area contributed by atoms with E-state index in [4.69, 9.17) is 0 Å². The topological polar surface area (TPSA) is 53.8 Å². The Bertz CT molecular complexity index is 585. The summed E-state index contributed by atoms with van der Waals surface area (Å²) in [5.41, 5.74) is 2.00. The van der Waals surface area contributed by atoms with E-state index >= 15 is 0 Å². The molecule has 1 heterocycles. The van der Waals surface area contributed by atoms with Crippen LogP contribution in [0, 0.1) is 22.7 Å². The first kappa shape index (κ1) is 15.1. The molecule has 4 heteroatoms. The van der Waals surface area contributed by atoms with Gasteiger partial charge in [0, 0.05) is 17.7 Å². The Morgan fingerprint density at radius 1 is 1.45 bits per heavy atom.